The second-order valence-corrected chi connectivity index (χ2v) is 7.52. The molecule has 1 atom stereocenters. The van der Waals surface area contributed by atoms with Crippen LogP contribution in [0.1, 0.15) is 6.42 Å². The number of aromatic nitrogens is 3. The highest BCUT2D eigenvalue weighted by Gasteiger charge is 2.15. The molecule has 0 radical (unpaired) electrons. The largest absolute Gasteiger partial charge is 0.394 e. The second-order valence-electron chi connectivity index (χ2n) is 6.27. The fourth-order valence-electron chi connectivity index (χ4n) is 2.74. The summed E-state index contributed by atoms with van der Waals surface area (Å²) in [7, 11) is 1.49. The smallest absolute Gasteiger partial charge is 0.264 e. The molecule has 2 heterocycles. The number of nitrogens with zero attached hydrogens (tertiary/aromatic N) is 3. The zero-order valence-electron chi connectivity index (χ0n) is 14.9. The average Bonchev–Trinajstić information content (AvgIpc) is 2.66. The fourth-order valence-corrected chi connectivity index (χ4v) is 3.19. The Hall–Kier alpha value is -2.31. The number of halogens is 2. The highest BCUT2D eigenvalue weighted by atomic mass is 127. The molecule has 148 valence electrons. The van der Waals surface area contributed by atoms with E-state index in [2.05, 4.69) is 10.3 Å². The number of aryl methyl sites for hydroxylation is 2. The molecule has 28 heavy (non-hydrogen) atoms. The van der Waals surface area contributed by atoms with E-state index in [4.69, 9.17) is 5.11 Å². The van der Waals surface area contributed by atoms with Crippen LogP contribution in [0.5, 0.6) is 0 Å². The Morgan fingerprint density at radius 3 is 2.71 bits per heavy atom. The molecular weight excluding hydrogens is 482 g/mol. The maximum Gasteiger partial charge on any atom is 0.264 e. The zero-order valence-corrected chi connectivity index (χ0v) is 17.1. The van der Waals surface area contributed by atoms with Gasteiger partial charge >= 0.3 is 0 Å². The van der Waals surface area contributed by atoms with Crippen molar-refractivity contribution in [3.63, 3.8) is 0 Å². The van der Waals surface area contributed by atoms with E-state index in [1.165, 1.54) is 40.7 Å². The van der Waals surface area contributed by atoms with Gasteiger partial charge in [0.25, 0.3) is 11.1 Å². The molecule has 0 aliphatic carbocycles. The number of aliphatic hydroxyl groups is 2. The van der Waals surface area contributed by atoms with Crippen molar-refractivity contribution >= 4 is 45.0 Å². The lowest BCUT2D eigenvalue weighted by molar-refractivity contribution is 0.0843. The molecule has 0 saturated carbocycles. The predicted molar refractivity (Wildman–Crippen MR) is 111 cm³/mol. The quantitative estimate of drug-likeness (QED) is 0.441. The van der Waals surface area contributed by atoms with Crippen molar-refractivity contribution in [1.29, 1.82) is 0 Å². The normalized spacial score (nSPS) is 12.3. The first-order valence-electron chi connectivity index (χ1n) is 8.42. The molecule has 0 aliphatic heterocycles. The van der Waals surface area contributed by atoms with Crippen LogP contribution in [0, 0.1) is 9.39 Å². The minimum Gasteiger partial charge on any atom is -0.394 e. The molecule has 3 aromatic rings. The van der Waals surface area contributed by atoms with Crippen molar-refractivity contribution in [2.24, 2.45) is 7.05 Å². The Kier molecular flexibility index (Phi) is 6.10. The van der Waals surface area contributed by atoms with Crippen LogP contribution >= 0.6 is 22.6 Å². The van der Waals surface area contributed by atoms with E-state index >= 15 is 0 Å². The summed E-state index contributed by atoms with van der Waals surface area (Å²) in [6, 6.07) is 5.77. The van der Waals surface area contributed by atoms with E-state index in [0.29, 0.717) is 3.57 Å². The number of pyridine rings is 1. The minimum atomic E-state index is -0.957. The van der Waals surface area contributed by atoms with Gasteiger partial charge in [0.2, 0.25) is 0 Å². The van der Waals surface area contributed by atoms with Gasteiger partial charge in [-0.05, 0) is 47.2 Å². The van der Waals surface area contributed by atoms with Crippen LogP contribution in [0.4, 0.5) is 15.8 Å². The van der Waals surface area contributed by atoms with Gasteiger partial charge in [-0.3, -0.25) is 18.7 Å². The molecule has 0 fully saturated rings. The lowest BCUT2D eigenvalue weighted by Crippen LogP contribution is -2.28. The summed E-state index contributed by atoms with van der Waals surface area (Å²) in [4.78, 5) is 29.4. The Labute approximate surface area is 172 Å². The van der Waals surface area contributed by atoms with E-state index in [9.17, 15) is 19.1 Å². The summed E-state index contributed by atoms with van der Waals surface area (Å²) in [6.07, 6.45) is 0.481. The van der Waals surface area contributed by atoms with E-state index < -0.39 is 29.6 Å². The highest BCUT2D eigenvalue weighted by molar-refractivity contribution is 14.1. The van der Waals surface area contributed by atoms with Crippen LogP contribution in [0.25, 0.3) is 11.0 Å². The van der Waals surface area contributed by atoms with Gasteiger partial charge in [-0.15, -0.1) is 0 Å². The molecule has 8 nitrogen and oxygen atoms in total. The minimum absolute atomic E-state index is 0.125. The summed E-state index contributed by atoms with van der Waals surface area (Å²) in [5.74, 6) is -0.518. The van der Waals surface area contributed by atoms with Crippen LogP contribution in [-0.4, -0.2) is 37.0 Å². The SMILES string of the molecule is Cn1c(=O)cc(Nc2ccc(I)cc2F)c2c(=O)n(CC[C@@H](O)CO)cnc21. The third-order valence-electron chi connectivity index (χ3n) is 4.32. The van der Waals surface area contributed by atoms with Gasteiger partial charge in [0.1, 0.15) is 11.2 Å². The third-order valence-corrected chi connectivity index (χ3v) is 4.99. The molecular formula is C18H18FIN4O4. The van der Waals surface area contributed by atoms with Crippen molar-refractivity contribution < 1.29 is 14.6 Å². The number of nitrogens with one attached hydrogen (secondary N) is 1. The molecule has 2 aromatic heterocycles. The molecule has 0 unspecified atom stereocenters. The average molecular weight is 500 g/mol. The van der Waals surface area contributed by atoms with E-state index in [1.807, 2.05) is 22.6 Å². The van der Waals surface area contributed by atoms with Crippen LogP contribution in [-0.2, 0) is 13.6 Å². The molecule has 0 bridgehead atoms. The first kappa shape index (κ1) is 20.4. The lowest BCUT2D eigenvalue weighted by atomic mass is 10.2. The van der Waals surface area contributed by atoms with Gasteiger partial charge in [0.05, 0.1) is 30.4 Å². The molecule has 1 aromatic carbocycles. The number of hydrogen-bond donors (Lipinski definition) is 3. The van der Waals surface area contributed by atoms with Gasteiger partial charge in [0.15, 0.2) is 5.65 Å². The Balaban J connectivity index is 2.14. The van der Waals surface area contributed by atoms with E-state index in [-0.39, 0.29) is 35.4 Å². The summed E-state index contributed by atoms with van der Waals surface area (Å²) < 4.78 is 17.5. The summed E-state index contributed by atoms with van der Waals surface area (Å²) >= 11 is 1.98. The zero-order chi connectivity index (χ0) is 20.4. The summed E-state index contributed by atoms with van der Waals surface area (Å²) in [5.41, 5.74) is -0.418. The van der Waals surface area contributed by atoms with Crippen molar-refractivity contribution in [1.82, 2.24) is 14.1 Å². The third kappa shape index (κ3) is 4.08. The number of hydrogen-bond acceptors (Lipinski definition) is 6. The Morgan fingerprint density at radius 1 is 1.29 bits per heavy atom. The van der Waals surface area contributed by atoms with Gasteiger partial charge in [0, 0.05) is 23.2 Å². The number of anilines is 2. The molecule has 3 N–H and O–H groups in total. The van der Waals surface area contributed by atoms with Gasteiger partial charge in [-0.2, -0.15) is 0 Å². The fraction of sp³-hybridized carbons (Fsp3) is 0.278. The summed E-state index contributed by atoms with van der Waals surface area (Å²) in [5, 5.41) is 21.4. The van der Waals surface area contributed by atoms with E-state index in [0.717, 1.165) is 0 Å². The second kappa shape index (κ2) is 8.37. The first-order chi connectivity index (χ1) is 13.3. The number of rotatable bonds is 6. The van der Waals surface area contributed by atoms with Gasteiger partial charge in [-0.25, -0.2) is 9.37 Å². The van der Waals surface area contributed by atoms with Crippen LogP contribution in [0.15, 0.2) is 40.2 Å². The number of benzene rings is 1. The van der Waals surface area contributed by atoms with Gasteiger partial charge in [-0.1, -0.05) is 0 Å². The molecule has 0 aliphatic rings. The predicted octanol–water partition coefficient (Wildman–Crippen LogP) is 1.33. The van der Waals surface area contributed by atoms with Gasteiger partial charge < -0.3 is 15.5 Å². The van der Waals surface area contributed by atoms with Crippen molar-refractivity contribution in [3.8, 4) is 0 Å². The Morgan fingerprint density at radius 2 is 2.04 bits per heavy atom. The molecule has 0 saturated heterocycles. The molecule has 3 rings (SSSR count). The standard InChI is InChI=1S/C18H18FIN4O4/c1-23-15(27)7-14(22-13-3-2-10(20)6-12(13)19)16-17(23)21-9-24(18(16)28)5-4-11(26)8-25/h2-3,6-7,9,11,22,25-26H,4-5,8H2,1H3/t11-/m1/s1. The highest BCUT2D eigenvalue weighted by Crippen LogP contribution is 2.24. The molecule has 0 spiro atoms. The van der Waals surface area contributed by atoms with E-state index in [1.54, 1.807) is 6.07 Å². The van der Waals surface area contributed by atoms with Crippen LogP contribution < -0.4 is 16.4 Å². The number of fused-ring (bicyclic) bond motifs is 1. The number of aliphatic hydroxyl groups excluding tert-OH is 2. The monoisotopic (exact) mass is 500 g/mol. The molecule has 10 heteroatoms. The van der Waals surface area contributed by atoms with Crippen molar-refractivity contribution in [3.05, 3.63) is 60.7 Å². The maximum absolute atomic E-state index is 14.2. The van der Waals surface area contributed by atoms with Crippen molar-refractivity contribution in [2.45, 2.75) is 19.1 Å². The molecule has 0 amide bonds. The maximum atomic E-state index is 14.2. The first-order valence-corrected chi connectivity index (χ1v) is 9.50. The lowest BCUT2D eigenvalue weighted by Gasteiger charge is -2.14. The topological polar surface area (TPSA) is 109 Å². The summed E-state index contributed by atoms with van der Waals surface area (Å²) in [6.45, 7) is -0.285. The van der Waals surface area contributed by atoms with Crippen LogP contribution in [0.2, 0.25) is 0 Å². The Bertz CT molecular complexity index is 1140. The van der Waals surface area contributed by atoms with Crippen LogP contribution in [0.3, 0.4) is 0 Å². The van der Waals surface area contributed by atoms with Crippen molar-refractivity contribution in [2.75, 3.05) is 11.9 Å².